The molecule has 3 aromatic carbocycles. The first-order valence-electron chi connectivity index (χ1n) is 11.5. The van der Waals surface area contributed by atoms with Crippen molar-refractivity contribution >= 4 is 12.4 Å². The molecule has 3 aromatic rings. The summed E-state index contributed by atoms with van der Waals surface area (Å²) in [5.74, 6) is 0. The first kappa shape index (κ1) is 26.3. The van der Waals surface area contributed by atoms with Crippen molar-refractivity contribution in [2.24, 2.45) is 5.41 Å². The molecule has 0 bridgehead atoms. The lowest BCUT2D eigenvalue weighted by Crippen LogP contribution is -2.50. The Morgan fingerprint density at radius 1 is 0.706 bits per heavy atom. The van der Waals surface area contributed by atoms with Gasteiger partial charge in [-0.3, -0.25) is 0 Å². The van der Waals surface area contributed by atoms with Crippen LogP contribution in [-0.2, 0) is 5.41 Å². The van der Waals surface area contributed by atoms with E-state index in [1.54, 1.807) is 0 Å². The number of hydrogen-bond donors (Lipinski definition) is 1. The highest BCUT2D eigenvalue weighted by atomic mass is 35.5. The van der Waals surface area contributed by atoms with E-state index in [0.717, 1.165) is 6.42 Å². The lowest BCUT2D eigenvalue weighted by molar-refractivity contribution is -0.249. The van der Waals surface area contributed by atoms with Gasteiger partial charge in [0.1, 0.15) is 0 Å². The van der Waals surface area contributed by atoms with Crippen LogP contribution in [0.5, 0.6) is 0 Å². The Balaban J connectivity index is 0.00000324. The molecule has 34 heavy (non-hydrogen) atoms. The summed E-state index contributed by atoms with van der Waals surface area (Å²) < 4.78 is 40.8. The summed E-state index contributed by atoms with van der Waals surface area (Å²) in [6.07, 6.45) is -3.77. The summed E-state index contributed by atoms with van der Waals surface area (Å²) >= 11 is 0. The molecule has 6 heteroatoms. The predicted octanol–water partition coefficient (Wildman–Crippen LogP) is 6.47. The second-order valence-corrected chi connectivity index (χ2v) is 9.03. The van der Waals surface area contributed by atoms with Crippen LogP contribution >= 0.6 is 12.4 Å². The van der Waals surface area contributed by atoms with Gasteiger partial charge in [0.25, 0.3) is 0 Å². The predicted molar refractivity (Wildman–Crippen MR) is 132 cm³/mol. The van der Waals surface area contributed by atoms with Crippen LogP contribution in [0.4, 0.5) is 13.2 Å². The molecule has 1 aliphatic rings. The maximum Gasteiger partial charge on any atom is 0.396 e. The molecule has 0 aromatic heterocycles. The summed E-state index contributed by atoms with van der Waals surface area (Å²) in [5, 5.41) is 9.53. The van der Waals surface area contributed by atoms with Gasteiger partial charge in [-0.2, -0.15) is 13.2 Å². The summed E-state index contributed by atoms with van der Waals surface area (Å²) in [7, 11) is 0. The zero-order valence-electron chi connectivity index (χ0n) is 19.0. The quantitative estimate of drug-likeness (QED) is 0.384. The van der Waals surface area contributed by atoms with Crippen molar-refractivity contribution in [1.82, 2.24) is 4.90 Å². The molecule has 0 amide bonds. The zero-order chi connectivity index (χ0) is 23.4. The standard InChI is InChI=1S/C28H30F3NO.ClH/c29-28(30,31)26(22-33)16-19-32(20-17-26)21-18-27(23-10-4-1-5-11-23,24-12-6-2-7-13-24)25-14-8-3-9-15-25;/h1-15,33H,16-22H2;1H. The van der Waals surface area contributed by atoms with Crippen LogP contribution in [0, 0.1) is 5.41 Å². The van der Waals surface area contributed by atoms with Crippen molar-refractivity contribution in [3.8, 4) is 0 Å². The van der Waals surface area contributed by atoms with E-state index in [9.17, 15) is 18.3 Å². The molecule has 0 atom stereocenters. The van der Waals surface area contributed by atoms with Crippen LogP contribution in [0.1, 0.15) is 36.0 Å². The normalized spacial score (nSPS) is 16.6. The largest absolute Gasteiger partial charge is 0.396 e. The summed E-state index contributed by atoms with van der Waals surface area (Å²) in [6, 6.07) is 31.0. The molecule has 0 radical (unpaired) electrons. The number of hydrogen-bond acceptors (Lipinski definition) is 2. The molecule has 0 saturated carbocycles. The summed E-state index contributed by atoms with van der Waals surface area (Å²) in [4.78, 5) is 2.11. The molecule has 182 valence electrons. The van der Waals surface area contributed by atoms with Crippen LogP contribution < -0.4 is 0 Å². The average Bonchev–Trinajstić information content (AvgIpc) is 2.86. The van der Waals surface area contributed by atoms with Gasteiger partial charge < -0.3 is 10.0 Å². The van der Waals surface area contributed by atoms with Crippen LogP contribution in [0.3, 0.4) is 0 Å². The molecular formula is C28H31ClF3NO. The van der Waals surface area contributed by atoms with Gasteiger partial charge in [-0.15, -0.1) is 12.4 Å². The Hall–Kier alpha value is -2.34. The van der Waals surface area contributed by atoms with Crippen LogP contribution in [0.2, 0.25) is 0 Å². The van der Waals surface area contributed by atoms with Gasteiger partial charge >= 0.3 is 6.18 Å². The molecule has 4 rings (SSSR count). The minimum Gasteiger partial charge on any atom is -0.395 e. The van der Waals surface area contributed by atoms with E-state index in [0.29, 0.717) is 19.6 Å². The van der Waals surface area contributed by atoms with Crippen molar-refractivity contribution in [3.05, 3.63) is 108 Å². The number of likely N-dealkylation sites (tertiary alicyclic amines) is 1. The Labute approximate surface area is 205 Å². The van der Waals surface area contributed by atoms with Gasteiger partial charge in [-0.25, -0.2) is 0 Å². The van der Waals surface area contributed by atoms with E-state index in [1.807, 2.05) is 54.6 Å². The van der Waals surface area contributed by atoms with Gasteiger partial charge in [-0.1, -0.05) is 91.0 Å². The number of alkyl halides is 3. The zero-order valence-corrected chi connectivity index (χ0v) is 19.9. The molecule has 1 fully saturated rings. The van der Waals surface area contributed by atoms with Crippen LogP contribution in [0.15, 0.2) is 91.0 Å². The fraction of sp³-hybridized carbons (Fsp3) is 0.357. The number of aliphatic hydroxyl groups excluding tert-OH is 1. The Bertz CT molecular complexity index is 907. The molecule has 0 unspecified atom stereocenters. The maximum atomic E-state index is 13.6. The maximum absolute atomic E-state index is 13.6. The van der Waals surface area contributed by atoms with Crippen molar-refractivity contribution in [1.29, 1.82) is 0 Å². The van der Waals surface area contributed by atoms with E-state index in [1.165, 1.54) is 16.7 Å². The number of halogens is 4. The number of rotatable bonds is 7. The minimum absolute atomic E-state index is 0. The van der Waals surface area contributed by atoms with E-state index < -0.39 is 23.6 Å². The second kappa shape index (κ2) is 10.9. The smallest absolute Gasteiger partial charge is 0.395 e. The molecule has 1 N–H and O–H groups in total. The fourth-order valence-electron chi connectivity index (χ4n) is 5.16. The molecule has 1 aliphatic heterocycles. The van der Waals surface area contributed by atoms with E-state index >= 15 is 0 Å². The van der Waals surface area contributed by atoms with Crippen molar-refractivity contribution in [2.75, 3.05) is 26.2 Å². The van der Waals surface area contributed by atoms with Crippen molar-refractivity contribution in [3.63, 3.8) is 0 Å². The number of nitrogens with zero attached hydrogens (tertiary/aromatic N) is 1. The highest BCUT2D eigenvalue weighted by molar-refractivity contribution is 5.85. The Morgan fingerprint density at radius 2 is 1.09 bits per heavy atom. The van der Waals surface area contributed by atoms with E-state index in [4.69, 9.17) is 0 Å². The summed E-state index contributed by atoms with van der Waals surface area (Å²) in [5.41, 5.74) is 1.11. The monoisotopic (exact) mass is 489 g/mol. The molecule has 1 saturated heterocycles. The van der Waals surface area contributed by atoms with E-state index in [-0.39, 0.29) is 25.2 Å². The van der Waals surface area contributed by atoms with Crippen molar-refractivity contribution in [2.45, 2.75) is 30.9 Å². The lowest BCUT2D eigenvalue weighted by Gasteiger charge is -2.43. The number of piperidine rings is 1. The third-order valence-corrected chi connectivity index (χ3v) is 7.32. The fourth-order valence-corrected chi connectivity index (χ4v) is 5.16. The minimum atomic E-state index is -4.38. The molecule has 1 heterocycles. The van der Waals surface area contributed by atoms with Crippen LogP contribution in [-0.4, -0.2) is 42.4 Å². The second-order valence-electron chi connectivity index (χ2n) is 9.03. The third-order valence-electron chi connectivity index (χ3n) is 7.32. The van der Waals surface area contributed by atoms with Gasteiger partial charge in [-0.05, 0) is 55.6 Å². The van der Waals surface area contributed by atoms with Gasteiger partial charge in [0.2, 0.25) is 0 Å². The average molecular weight is 490 g/mol. The van der Waals surface area contributed by atoms with Gasteiger partial charge in [0.05, 0.1) is 12.0 Å². The first-order chi connectivity index (χ1) is 15.9. The van der Waals surface area contributed by atoms with Gasteiger partial charge in [0, 0.05) is 5.41 Å². The molecule has 2 nitrogen and oxygen atoms in total. The highest BCUT2D eigenvalue weighted by Gasteiger charge is 2.55. The molecule has 0 spiro atoms. The Kier molecular flexibility index (Phi) is 8.45. The number of benzene rings is 3. The third kappa shape index (κ3) is 5.02. The molecule has 0 aliphatic carbocycles. The summed E-state index contributed by atoms with van der Waals surface area (Å²) in [6.45, 7) is 0.480. The van der Waals surface area contributed by atoms with E-state index in [2.05, 4.69) is 41.3 Å². The number of aliphatic hydroxyl groups is 1. The van der Waals surface area contributed by atoms with Crippen molar-refractivity contribution < 1.29 is 18.3 Å². The topological polar surface area (TPSA) is 23.5 Å². The first-order valence-corrected chi connectivity index (χ1v) is 11.5. The Morgan fingerprint density at radius 3 is 1.41 bits per heavy atom. The van der Waals surface area contributed by atoms with Gasteiger partial charge in [0.15, 0.2) is 0 Å². The lowest BCUT2D eigenvalue weighted by atomic mass is 9.67. The highest BCUT2D eigenvalue weighted by Crippen LogP contribution is 2.47. The molecular weight excluding hydrogens is 459 g/mol. The SMILES string of the molecule is Cl.OCC1(C(F)(F)F)CCN(CCC(c2ccccc2)(c2ccccc2)c2ccccc2)CC1. The van der Waals surface area contributed by atoms with Crippen LogP contribution in [0.25, 0.3) is 0 Å².